The third kappa shape index (κ3) is 4.83. The van der Waals surface area contributed by atoms with Crippen molar-refractivity contribution in [1.82, 2.24) is 15.1 Å². The van der Waals surface area contributed by atoms with Gasteiger partial charge in [0.25, 0.3) is 0 Å². The van der Waals surface area contributed by atoms with Gasteiger partial charge in [-0.1, -0.05) is 35.5 Å². The number of nitrogens with zero attached hydrogens (tertiary/aromatic N) is 3. The molecule has 0 saturated heterocycles. The second-order valence-electron chi connectivity index (χ2n) is 7.63. The zero-order chi connectivity index (χ0) is 20.1. The number of benzene rings is 1. The van der Waals surface area contributed by atoms with Crippen LogP contribution in [0.3, 0.4) is 0 Å². The largest absolute Gasteiger partial charge is 0.364 e. The SMILES string of the molecule is O=C(CC1CCC(C(=O)Cc2cnc(-c3ccccc3)cn2)CC1)c1ccon1. The molecule has 1 aliphatic rings. The Labute approximate surface area is 169 Å². The first-order valence-electron chi connectivity index (χ1n) is 10.0. The van der Waals surface area contributed by atoms with Crippen LogP contribution in [0.5, 0.6) is 0 Å². The molecule has 3 aromatic rings. The van der Waals surface area contributed by atoms with E-state index in [0.29, 0.717) is 30.1 Å². The fourth-order valence-electron chi connectivity index (χ4n) is 3.94. The molecule has 0 atom stereocenters. The molecule has 1 aliphatic carbocycles. The molecule has 0 amide bonds. The average Bonchev–Trinajstić information content (AvgIpc) is 3.31. The number of aromatic nitrogens is 3. The average molecular weight is 389 g/mol. The Kier molecular flexibility index (Phi) is 5.89. The van der Waals surface area contributed by atoms with E-state index in [2.05, 4.69) is 15.1 Å². The van der Waals surface area contributed by atoms with Gasteiger partial charge in [0.1, 0.15) is 17.7 Å². The van der Waals surface area contributed by atoms with Crippen LogP contribution in [0.15, 0.2) is 59.6 Å². The maximum Gasteiger partial charge on any atom is 0.184 e. The Morgan fingerprint density at radius 2 is 1.76 bits per heavy atom. The van der Waals surface area contributed by atoms with Crippen LogP contribution in [0.25, 0.3) is 11.3 Å². The van der Waals surface area contributed by atoms with E-state index in [9.17, 15) is 9.59 Å². The maximum atomic E-state index is 12.7. The number of hydrogen-bond donors (Lipinski definition) is 0. The van der Waals surface area contributed by atoms with Gasteiger partial charge in [0.15, 0.2) is 5.78 Å². The minimum Gasteiger partial charge on any atom is -0.364 e. The lowest BCUT2D eigenvalue weighted by atomic mass is 9.77. The summed E-state index contributed by atoms with van der Waals surface area (Å²) in [5.41, 5.74) is 2.91. The van der Waals surface area contributed by atoms with Gasteiger partial charge < -0.3 is 4.52 Å². The molecule has 1 aromatic carbocycles. The lowest BCUT2D eigenvalue weighted by molar-refractivity contribution is -0.123. The zero-order valence-corrected chi connectivity index (χ0v) is 16.2. The van der Waals surface area contributed by atoms with E-state index in [0.717, 1.165) is 36.9 Å². The predicted octanol–water partition coefficient (Wildman–Crippen LogP) is 4.32. The molecule has 1 fully saturated rings. The molecule has 6 nitrogen and oxygen atoms in total. The normalized spacial score (nSPS) is 19.0. The van der Waals surface area contributed by atoms with Crippen LogP contribution in [0, 0.1) is 11.8 Å². The minimum absolute atomic E-state index is 0.0160. The second kappa shape index (κ2) is 8.90. The van der Waals surface area contributed by atoms with Gasteiger partial charge in [-0.05, 0) is 31.6 Å². The van der Waals surface area contributed by atoms with Crippen molar-refractivity contribution in [2.24, 2.45) is 11.8 Å². The Bertz CT molecular complexity index is 945. The van der Waals surface area contributed by atoms with Crippen molar-refractivity contribution in [1.29, 1.82) is 0 Å². The topological polar surface area (TPSA) is 86.0 Å². The lowest BCUT2D eigenvalue weighted by Gasteiger charge is -2.27. The number of carbonyl (C=O) groups is 2. The highest BCUT2D eigenvalue weighted by atomic mass is 16.5. The fraction of sp³-hybridized carbons (Fsp3) is 0.348. The van der Waals surface area contributed by atoms with E-state index < -0.39 is 0 Å². The molecule has 2 aromatic heterocycles. The maximum absolute atomic E-state index is 12.7. The molecule has 2 heterocycles. The minimum atomic E-state index is 0.0160. The smallest absolute Gasteiger partial charge is 0.184 e. The van der Waals surface area contributed by atoms with Gasteiger partial charge in [0.05, 0.1) is 24.0 Å². The third-order valence-corrected chi connectivity index (χ3v) is 5.63. The van der Waals surface area contributed by atoms with Crippen LogP contribution in [-0.4, -0.2) is 26.7 Å². The van der Waals surface area contributed by atoms with Crippen LogP contribution in [0.1, 0.15) is 48.3 Å². The van der Waals surface area contributed by atoms with E-state index in [1.54, 1.807) is 18.5 Å². The lowest BCUT2D eigenvalue weighted by Crippen LogP contribution is -2.24. The van der Waals surface area contributed by atoms with Crippen LogP contribution in [-0.2, 0) is 11.2 Å². The van der Waals surface area contributed by atoms with Gasteiger partial charge >= 0.3 is 0 Å². The molecule has 0 spiro atoms. The van der Waals surface area contributed by atoms with Gasteiger partial charge in [0, 0.05) is 30.2 Å². The molecule has 0 radical (unpaired) electrons. The fourth-order valence-corrected chi connectivity index (χ4v) is 3.94. The summed E-state index contributed by atoms with van der Waals surface area (Å²) in [6, 6.07) is 11.5. The number of ketones is 2. The molecule has 148 valence electrons. The summed E-state index contributed by atoms with van der Waals surface area (Å²) in [6.07, 6.45) is 9.05. The Hall–Kier alpha value is -3.15. The second-order valence-corrected chi connectivity index (χ2v) is 7.63. The molecule has 4 rings (SSSR count). The third-order valence-electron chi connectivity index (χ3n) is 5.63. The summed E-state index contributed by atoms with van der Waals surface area (Å²) in [5.74, 6) is 0.590. The summed E-state index contributed by atoms with van der Waals surface area (Å²) in [6.45, 7) is 0. The van der Waals surface area contributed by atoms with E-state index >= 15 is 0 Å². The molecule has 0 aliphatic heterocycles. The van der Waals surface area contributed by atoms with Crippen molar-refractivity contribution < 1.29 is 14.1 Å². The van der Waals surface area contributed by atoms with Crippen LogP contribution < -0.4 is 0 Å². The highest BCUT2D eigenvalue weighted by Crippen LogP contribution is 2.32. The first-order valence-corrected chi connectivity index (χ1v) is 10.0. The van der Waals surface area contributed by atoms with Crippen molar-refractivity contribution in [3.05, 3.63) is 66.4 Å². The highest BCUT2D eigenvalue weighted by Gasteiger charge is 2.28. The monoisotopic (exact) mass is 389 g/mol. The summed E-state index contributed by atoms with van der Waals surface area (Å²) in [4.78, 5) is 33.7. The molecule has 6 heteroatoms. The molecular formula is C23H23N3O3. The van der Waals surface area contributed by atoms with Crippen LogP contribution in [0.2, 0.25) is 0 Å². The van der Waals surface area contributed by atoms with Gasteiger partial charge in [-0.3, -0.25) is 19.6 Å². The number of carbonyl (C=O) groups excluding carboxylic acids is 2. The molecule has 0 N–H and O–H groups in total. The zero-order valence-electron chi connectivity index (χ0n) is 16.2. The molecule has 29 heavy (non-hydrogen) atoms. The van der Waals surface area contributed by atoms with Crippen molar-refractivity contribution in [2.75, 3.05) is 0 Å². The number of hydrogen-bond acceptors (Lipinski definition) is 6. The molecule has 0 bridgehead atoms. The molecule has 0 unspecified atom stereocenters. The van der Waals surface area contributed by atoms with E-state index in [1.165, 1.54) is 6.26 Å². The van der Waals surface area contributed by atoms with Crippen LogP contribution >= 0.6 is 0 Å². The summed E-state index contributed by atoms with van der Waals surface area (Å²) < 4.78 is 4.74. The van der Waals surface area contributed by atoms with Crippen LogP contribution in [0.4, 0.5) is 0 Å². The van der Waals surface area contributed by atoms with E-state index in [4.69, 9.17) is 4.52 Å². The van der Waals surface area contributed by atoms with Gasteiger partial charge in [-0.2, -0.15) is 0 Å². The Morgan fingerprint density at radius 3 is 2.41 bits per heavy atom. The first-order chi connectivity index (χ1) is 14.2. The number of Topliss-reactive ketones (excluding diaryl/α,β-unsaturated/α-hetero) is 2. The summed E-state index contributed by atoms with van der Waals surface area (Å²) in [7, 11) is 0. The van der Waals surface area contributed by atoms with Gasteiger partial charge in [-0.25, -0.2) is 0 Å². The van der Waals surface area contributed by atoms with E-state index in [-0.39, 0.29) is 17.5 Å². The quantitative estimate of drug-likeness (QED) is 0.559. The van der Waals surface area contributed by atoms with Crippen molar-refractivity contribution in [2.45, 2.75) is 38.5 Å². The molecule has 1 saturated carbocycles. The Morgan fingerprint density at radius 1 is 0.966 bits per heavy atom. The van der Waals surface area contributed by atoms with Gasteiger partial charge in [0.2, 0.25) is 0 Å². The first kappa shape index (κ1) is 19.2. The standard InChI is InChI=1S/C23H23N3O3/c27-22(13-19-14-25-21(15-24-19)17-4-2-1-3-5-17)18-8-6-16(7-9-18)12-23(28)20-10-11-29-26-20/h1-5,10-11,14-16,18H,6-9,12-13H2. The number of rotatable bonds is 7. The van der Waals surface area contributed by atoms with Crippen molar-refractivity contribution >= 4 is 11.6 Å². The van der Waals surface area contributed by atoms with Crippen molar-refractivity contribution in [3.63, 3.8) is 0 Å². The Balaban J connectivity index is 1.27. The highest BCUT2D eigenvalue weighted by molar-refractivity contribution is 5.94. The summed E-state index contributed by atoms with van der Waals surface area (Å²) in [5, 5.41) is 3.71. The van der Waals surface area contributed by atoms with E-state index in [1.807, 2.05) is 30.3 Å². The molecular weight excluding hydrogens is 366 g/mol. The summed E-state index contributed by atoms with van der Waals surface area (Å²) >= 11 is 0. The van der Waals surface area contributed by atoms with Gasteiger partial charge in [-0.15, -0.1) is 0 Å². The van der Waals surface area contributed by atoms with Crippen molar-refractivity contribution in [3.8, 4) is 11.3 Å². The predicted molar refractivity (Wildman–Crippen MR) is 107 cm³/mol.